The molecule has 1 heterocycles. The Hall–Kier alpha value is -2.18. The second kappa shape index (κ2) is 8.27. The summed E-state index contributed by atoms with van der Waals surface area (Å²) >= 11 is 6.17. The summed E-state index contributed by atoms with van der Waals surface area (Å²) in [4.78, 5) is 20.5. The van der Waals surface area contributed by atoms with Crippen molar-refractivity contribution < 1.29 is 9.90 Å². The molecule has 1 saturated carbocycles. The maximum absolute atomic E-state index is 12.5. The molecule has 1 aromatic carbocycles. The Labute approximate surface area is 151 Å². The van der Waals surface area contributed by atoms with Gasteiger partial charge >= 0.3 is 0 Å². The number of carbonyl (C=O) groups is 1. The third-order valence-corrected chi connectivity index (χ3v) is 4.77. The molecular formula is C18H21ClN4O2. The number of rotatable bonds is 5. The van der Waals surface area contributed by atoms with E-state index in [9.17, 15) is 9.90 Å². The fraction of sp³-hybridized carbons (Fsp3) is 0.389. The van der Waals surface area contributed by atoms with Crippen LogP contribution in [0.4, 0.5) is 11.5 Å². The van der Waals surface area contributed by atoms with Crippen molar-refractivity contribution in [3.63, 3.8) is 0 Å². The number of nitrogens with zero attached hydrogens (tertiary/aromatic N) is 2. The fourth-order valence-electron chi connectivity index (χ4n) is 3.07. The van der Waals surface area contributed by atoms with E-state index >= 15 is 0 Å². The van der Waals surface area contributed by atoms with Crippen molar-refractivity contribution in [1.82, 2.24) is 15.3 Å². The lowest BCUT2D eigenvalue weighted by Crippen LogP contribution is -2.41. The summed E-state index contributed by atoms with van der Waals surface area (Å²) in [6, 6.07) is 6.78. The van der Waals surface area contributed by atoms with Crippen LogP contribution in [0.3, 0.4) is 0 Å². The molecule has 1 unspecified atom stereocenters. The molecule has 6 nitrogen and oxygen atoms in total. The predicted octanol–water partition coefficient (Wildman–Crippen LogP) is 3.50. The number of amides is 1. The number of halogens is 1. The highest BCUT2D eigenvalue weighted by atomic mass is 35.5. The minimum Gasteiger partial charge on any atom is -0.373 e. The van der Waals surface area contributed by atoms with Gasteiger partial charge in [0.2, 0.25) is 0 Å². The van der Waals surface area contributed by atoms with Crippen molar-refractivity contribution in [1.29, 1.82) is 0 Å². The first-order valence-corrected chi connectivity index (χ1v) is 8.83. The van der Waals surface area contributed by atoms with Gasteiger partial charge in [-0.1, -0.05) is 30.9 Å². The van der Waals surface area contributed by atoms with Gasteiger partial charge in [0, 0.05) is 17.8 Å². The maximum atomic E-state index is 12.5. The van der Waals surface area contributed by atoms with Gasteiger partial charge in [-0.2, -0.15) is 0 Å². The summed E-state index contributed by atoms with van der Waals surface area (Å²) in [6.45, 7) is 0. The van der Waals surface area contributed by atoms with Crippen LogP contribution in [0, 0.1) is 5.92 Å². The van der Waals surface area contributed by atoms with Gasteiger partial charge in [0.1, 0.15) is 18.4 Å². The number of aliphatic hydroxyl groups excluding tert-OH is 1. The SMILES string of the molecule is O=C(NC(O)C1CCCCC1)c1cc(Nc2ccncn2)ccc1Cl. The molecule has 3 N–H and O–H groups in total. The maximum Gasteiger partial charge on any atom is 0.254 e. The highest BCUT2D eigenvalue weighted by molar-refractivity contribution is 6.34. The van der Waals surface area contributed by atoms with Gasteiger partial charge in [0.05, 0.1) is 10.6 Å². The highest BCUT2D eigenvalue weighted by Crippen LogP contribution is 2.27. The van der Waals surface area contributed by atoms with Gasteiger partial charge in [-0.15, -0.1) is 0 Å². The minimum absolute atomic E-state index is 0.110. The van der Waals surface area contributed by atoms with Crippen molar-refractivity contribution >= 4 is 29.0 Å². The molecule has 1 atom stereocenters. The average Bonchev–Trinajstić information content (AvgIpc) is 2.65. The van der Waals surface area contributed by atoms with Gasteiger partial charge in [-0.05, 0) is 37.1 Å². The van der Waals surface area contributed by atoms with Crippen LogP contribution < -0.4 is 10.6 Å². The molecule has 1 aliphatic rings. The van der Waals surface area contributed by atoms with Crippen LogP contribution in [-0.2, 0) is 0 Å². The van der Waals surface area contributed by atoms with Gasteiger partial charge in [-0.25, -0.2) is 9.97 Å². The number of aromatic nitrogens is 2. The number of hydrogen-bond acceptors (Lipinski definition) is 5. The number of carbonyl (C=O) groups excluding carboxylic acids is 1. The quantitative estimate of drug-likeness (QED) is 0.710. The van der Waals surface area contributed by atoms with Gasteiger partial charge in [-0.3, -0.25) is 4.79 Å². The first kappa shape index (κ1) is 17.6. The fourth-order valence-corrected chi connectivity index (χ4v) is 3.27. The molecule has 25 heavy (non-hydrogen) atoms. The van der Waals surface area contributed by atoms with Crippen LogP contribution in [0.1, 0.15) is 42.5 Å². The van der Waals surface area contributed by atoms with E-state index in [4.69, 9.17) is 11.6 Å². The molecule has 7 heteroatoms. The summed E-state index contributed by atoms with van der Waals surface area (Å²) < 4.78 is 0. The summed E-state index contributed by atoms with van der Waals surface area (Å²) in [5.41, 5.74) is 0.996. The third-order valence-electron chi connectivity index (χ3n) is 4.44. The van der Waals surface area contributed by atoms with E-state index in [0.717, 1.165) is 25.7 Å². The molecule has 3 rings (SSSR count). The molecule has 1 aromatic heterocycles. The van der Waals surface area contributed by atoms with E-state index in [1.165, 1.54) is 12.7 Å². The van der Waals surface area contributed by atoms with Crippen LogP contribution >= 0.6 is 11.6 Å². The van der Waals surface area contributed by atoms with Crippen LogP contribution in [0.2, 0.25) is 5.02 Å². The van der Waals surface area contributed by atoms with E-state index in [0.29, 0.717) is 22.1 Å². The largest absolute Gasteiger partial charge is 0.373 e. The molecule has 1 amide bonds. The Morgan fingerprint density at radius 3 is 2.76 bits per heavy atom. The first-order chi connectivity index (χ1) is 12.1. The number of anilines is 2. The van der Waals surface area contributed by atoms with Crippen LogP contribution in [0.15, 0.2) is 36.8 Å². The molecule has 0 saturated heterocycles. The van der Waals surface area contributed by atoms with Crippen molar-refractivity contribution in [3.8, 4) is 0 Å². The van der Waals surface area contributed by atoms with Crippen LogP contribution in [0.25, 0.3) is 0 Å². The normalized spacial score (nSPS) is 16.2. The van der Waals surface area contributed by atoms with E-state index in [2.05, 4.69) is 20.6 Å². The van der Waals surface area contributed by atoms with Crippen molar-refractivity contribution in [2.45, 2.75) is 38.3 Å². The number of nitrogens with one attached hydrogen (secondary N) is 2. The van der Waals surface area contributed by atoms with E-state index in [-0.39, 0.29) is 11.8 Å². The zero-order valence-corrected chi connectivity index (χ0v) is 14.5. The molecule has 0 aliphatic heterocycles. The first-order valence-electron chi connectivity index (χ1n) is 8.45. The lowest BCUT2D eigenvalue weighted by Gasteiger charge is -2.27. The summed E-state index contributed by atoms with van der Waals surface area (Å²) in [7, 11) is 0. The number of benzene rings is 1. The van der Waals surface area contributed by atoms with Gasteiger partial charge < -0.3 is 15.7 Å². The lowest BCUT2D eigenvalue weighted by atomic mass is 9.88. The Kier molecular flexibility index (Phi) is 5.83. The topological polar surface area (TPSA) is 87.1 Å². The Morgan fingerprint density at radius 1 is 1.24 bits per heavy atom. The third kappa shape index (κ3) is 4.67. The zero-order chi connectivity index (χ0) is 17.6. The standard InChI is InChI=1S/C18H21ClN4O2/c19-15-7-6-13(22-16-8-9-20-11-21-16)10-14(15)18(25)23-17(24)12-4-2-1-3-5-12/h6-12,17,24H,1-5H2,(H,23,25)(H,20,21,22). The molecular weight excluding hydrogens is 340 g/mol. The van der Waals surface area contributed by atoms with Crippen LogP contribution in [0.5, 0.6) is 0 Å². The van der Waals surface area contributed by atoms with Gasteiger partial charge in [0.15, 0.2) is 0 Å². The molecule has 0 radical (unpaired) electrons. The zero-order valence-electron chi connectivity index (χ0n) is 13.8. The number of hydrogen-bond donors (Lipinski definition) is 3. The molecule has 132 valence electrons. The minimum atomic E-state index is -0.845. The summed E-state index contributed by atoms with van der Waals surface area (Å²) in [5, 5.41) is 16.4. The van der Waals surface area contributed by atoms with Crippen LogP contribution in [-0.4, -0.2) is 27.2 Å². The molecule has 1 aliphatic carbocycles. The Morgan fingerprint density at radius 2 is 2.04 bits per heavy atom. The predicted molar refractivity (Wildman–Crippen MR) is 96.8 cm³/mol. The second-order valence-electron chi connectivity index (χ2n) is 6.23. The molecule has 0 spiro atoms. The monoisotopic (exact) mass is 360 g/mol. The molecule has 2 aromatic rings. The highest BCUT2D eigenvalue weighted by Gasteiger charge is 2.24. The second-order valence-corrected chi connectivity index (χ2v) is 6.64. The van der Waals surface area contributed by atoms with Crippen molar-refractivity contribution in [3.05, 3.63) is 47.4 Å². The van der Waals surface area contributed by atoms with E-state index in [1.54, 1.807) is 30.5 Å². The lowest BCUT2D eigenvalue weighted by molar-refractivity contribution is 0.0463. The summed E-state index contributed by atoms with van der Waals surface area (Å²) in [5.74, 6) is 0.346. The smallest absolute Gasteiger partial charge is 0.254 e. The van der Waals surface area contributed by atoms with E-state index in [1.807, 2.05) is 0 Å². The summed E-state index contributed by atoms with van der Waals surface area (Å²) in [6.07, 6.45) is 7.47. The Balaban J connectivity index is 1.69. The Bertz CT molecular complexity index is 720. The van der Waals surface area contributed by atoms with E-state index < -0.39 is 6.23 Å². The van der Waals surface area contributed by atoms with Gasteiger partial charge in [0.25, 0.3) is 5.91 Å². The number of aliphatic hydroxyl groups is 1. The van der Waals surface area contributed by atoms with Crippen molar-refractivity contribution in [2.24, 2.45) is 5.92 Å². The average molecular weight is 361 g/mol. The molecule has 0 bridgehead atoms. The molecule has 1 fully saturated rings. The van der Waals surface area contributed by atoms with Crippen molar-refractivity contribution in [2.75, 3.05) is 5.32 Å².